The van der Waals surface area contributed by atoms with E-state index in [9.17, 15) is 9.90 Å². The van der Waals surface area contributed by atoms with Gasteiger partial charge in [0.15, 0.2) is 0 Å². The van der Waals surface area contributed by atoms with Gasteiger partial charge in [0.2, 0.25) is 0 Å². The molecule has 1 aliphatic rings. The van der Waals surface area contributed by atoms with Gasteiger partial charge in [0.05, 0.1) is 29.8 Å². The zero-order valence-electron chi connectivity index (χ0n) is 11.3. The van der Waals surface area contributed by atoms with Gasteiger partial charge in [0, 0.05) is 18.0 Å². The second-order valence-electron chi connectivity index (χ2n) is 4.88. The quantitative estimate of drug-likeness (QED) is 0.862. The number of carboxylic acids is 1. The molecule has 0 bridgehead atoms. The maximum absolute atomic E-state index is 11.3. The van der Waals surface area contributed by atoms with Gasteiger partial charge in [-0.25, -0.2) is 4.98 Å². The Morgan fingerprint density at radius 3 is 3.00 bits per heavy atom. The highest BCUT2D eigenvalue weighted by Crippen LogP contribution is 2.22. The molecular formula is C13H20N2O3S. The SMILES string of the molecule is CCCN(Cc1csc(C)n1)C1COCC1C(=O)O. The second kappa shape index (κ2) is 6.45. The fourth-order valence-electron chi connectivity index (χ4n) is 2.48. The predicted molar refractivity (Wildman–Crippen MR) is 73.3 cm³/mol. The molecule has 0 aliphatic carbocycles. The number of hydrogen-bond acceptors (Lipinski definition) is 5. The van der Waals surface area contributed by atoms with E-state index in [1.165, 1.54) is 0 Å². The molecule has 1 saturated heterocycles. The first-order valence-corrected chi connectivity index (χ1v) is 7.45. The smallest absolute Gasteiger partial charge is 0.310 e. The van der Waals surface area contributed by atoms with Crippen LogP contribution in [-0.2, 0) is 16.1 Å². The van der Waals surface area contributed by atoms with Crippen LogP contribution in [0.3, 0.4) is 0 Å². The third-order valence-electron chi connectivity index (χ3n) is 3.38. The van der Waals surface area contributed by atoms with Crippen molar-refractivity contribution in [2.75, 3.05) is 19.8 Å². The minimum absolute atomic E-state index is 0.0422. The molecule has 2 rings (SSSR count). The maximum Gasteiger partial charge on any atom is 0.310 e. The van der Waals surface area contributed by atoms with Crippen molar-refractivity contribution >= 4 is 17.3 Å². The third kappa shape index (κ3) is 3.52. The maximum atomic E-state index is 11.3. The van der Waals surface area contributed by atoms with Gasteiger partial charge in [-0.05, 0) is 19.9 Å². The van der Waals surface area contributed by atoms with Crippen LogP contribution in [0, 0.1) is 12.8 Å². The number of ether oxygens (including phenoxy) is 1. The van der Waals surface area contributed by atoms with Gasteiger partial charge in [-0.3, -0.25) is 9.69 Å². The molecule has 0 radical (unpaired) electrons. The number of aromatic nitrogens is 1. The van der Waals surface area contributed by atoms with Gasteiger partial charge >= 0.3 is 5.97 Å². The van der Waals surface area contributed by atoms with Crippen LogP contribution < -0.4 is 0 Å². The summed E-state index contributed by atoms with van der Waals surface area (Å²) in [6, 6.07) is -0.0422. The van der Waals surface area contributed by atoms with Crippen molar-refractivity contribution in [3.05, 3.63) is 16.1 Å². The van der Waals surface area contributed by atoms with Crippen LogP contribution in [0.1, 0.15) is 24.0 Å². The van der Waals surface area contributed by atoms with Crippen LogP contribution in [-0.4, -0.2) is 46.8 Å². The van der Waals surface area contributed by atoms with Crippen LogP contribution in [0.2, 0.25) is 0 Å². The molecule has 1 aromatic rings. The summed E-state index contributed by atoms with van der Waals surface area (Å²) < 4.78 is 5.36. The third-order valence-corrected chi connectivity index (χ3v) is 4.20. The van der Waals surface area contributed by atoms with Crippen molar-refractivity contribution < 1.29 is 14.6 Å². The number of rotatable bonds is 6. The van der Waals surface area contributed by atoms with E-state index in [1.807, 2.05) is 12.3 Å². The molecule has 5 nitrogen and oxygen atoms in total. The van der Waals surface area contributed by atoms with E-state index in [1.54, 1.807) is 11.3 Å². The Hall–Kier alpha value is -0.980. The van der Waals surface area contributed by atoms with Crippen LogP contribution in [0.15, 0.2) is 5.38 Å². The lowest BCUT2D eigenvalue weighted by molar-refractivity contribution is -0.143. The second-order valence-corrected chi connectivity index (χ2v) is 5.94. The first-order chi connectivity index (χ1) is 9.11. The number of aliphatic carboxylic acids is 1. The fraction of sp³-hybridized carbons (Fsp3) is 0.692. The van der Waals surface area contributed by atoms with Crippen molar-refractivity contribution in [1.29, 1.82) is 0 Å². The molecule has 1 aromatic heterocycles. The van der Waals surface area contributed by atoms with Crippen molar-refractivity contribution in [3.63, 3.8) is 0 Å². The molecule has 0 aromatic carbocycles. The Balaban J connectivity index is 2.08. The first kappa shape index (κ1) is 14.4. The summed E-state index contributed by atoms with van der Waals surface area (Å²) in [6.07, 6.45) is 0.992. The summed E-state index contributed by atoms with van der Waals surface area (Å²) >= 11 is 1.63. The lowest BCUT2D eigenvalue weighted by atomic mass is 10.0. The molecule has 2 atom stereocenters. The molecule has 2 heterocycles. The Kier molecular flexibility index (Phi) is 4.90. The summed E-state index contributed by atoms with van der Waals surface area (Å²) in [7, 11) is 0. The van der Waals surface area contributed by atoms with Crippen LogP contribution in [0.25, 0.3) is 0 Å². The number of nitrogens with zero attached hydrogens (tertiary/aromatic N) is 2. The van der Waals surface area contributed by atoms with Crippen LogP contribution in [0.5, 0.6) is 0 Å². The van der Waals surface area contributed by atoms with E-state index < -0.39 is 11.9 Å². The molecule has 1 N–H and O–H groups in total. The summed E-state index contributed by atoms with van der Waals surface area (Å²) in [5.41, 5.74) is 1.02. The summed E-state index contributed by atoms with van der Waals surface area (Å²) in [4.78, 5) is 17.9. The molecule has 0 amide bonds. The summed E-state index contributed by atoms with van der Waals surface area (Å²) in [5, 5.41) is 12.3. The van der Waals surface area contributed by atoms with Crippen LogP contribution in [0.4, 0.5) is 0 Å². The predicted octanol–water partition coefficient (Wildman–Crippen LogP) is 1.76. The zero-order valence-corrected chi connectivity index (χ0v) is 12.2. The van der Waals surface area contributed by atoms with Gasteiger partial charge in [0.25, 0.3) is 0 Å². The molecule has 2 unspecified atom stereocenters. The highest BCUT2D eigenvalue weighted by Gasteiger charge is 2.37. The molecule has 106 valence electrons. The molecule has 1 aliphatic heterocycles. The number of carboxylic acid groups (broad SMARTS) is 1. The van der Waals surface area contributed by atoms with E-state index in [2.05, 4.69) is 16.8 Å². The van der Waals surface area contributed by atoms with E-state index in [4.69, 9.17) is 4.74 Å². The van der Waals surface area contributed by atoms with E-state index in [0.717, 1.165) is 23.7 Å². The van der Waals surface area contributed by atoms with Gasteiger partial charge in [-0.15, -0.1) is 11.3 Å². The van der Waals surface area contributed by atoms with Crippen molar-refractivity contribution in [3.8, 4) is 0 Å². The van der Waals surface area contributed by atoms with Gasteiger partial charge < -0.3 is 9.84 Å². The lowest BCUT2D eigenvalue weighted by Crippen LogP contribution is -2.43. The average Bonchev–Trinajstić information content (AvgIpc) is 2.97. The summed E-state index contributed by atoms with van der Waals surface area (Å²) in [5.74, 6) is -1.19. The first-order valence-electron chi connectivity index (χ1n) is 6.57. The highest BCUT2D eigenvalue weighted by molar-refractivity contribution is 7.09. The van der Waals surface area contributed by atoms with Crippen LogP contribution >= 0.6 is 11.3 Å². The fourth-order valence-corrected chi connectivity index (χ4v) is 3.08. The Morgan fingerprint density at radius 2 is 2.42 bits per heavy atom. The molecule has 19 heavy (non-hydrogen) atoms. The molecular weight excluding hydrogens is 264 g/mol. The highest BCUT2D eigenvalue weighted by atomic mass is 32.1. The molecule has 0 spiro atoms. The Morgan fingerprint density at radius 1 is 1.63 bits per heavy atom. The normalized spacial score (nSPS) is 23.1. The van der Waals surface area contributed by atoms with Gasteiger partial charge in [0.1, 0.15) is 0 Å². The minimum Gasteiger partial charge on any atom is -0.481 e. The molecule has 1 fully saturated rings. The number of hydrogen-bond donors (Lipinski definition) is 1. The van der Waals surface area contributed by atoms with E-state index in [0.29, 0.717) is 19.8 Å². The zero-order chi connectivity index (χ0) is 13.8. The largest absolute Gasteiger partial charge is 0.481 e. The minimum atomic E-state index is -0.766. The monoisotopic (exact) mass is 284 g/mol. The van der Waals surface area contributed by atoms with Crippen molar-refractivity contribution in [1.82, 2.24) is 9.88 Å². The Labute approximate surface area is 117 Å². The van der Waals surface area contributed by atoms with Gasteiger partial charge in [-0.1, -0.05) is 6.92 Å². The Bertz CT molecular complexity index is 435. The standard InChI is InChI=1S/C13H20N2O3S/c1-3-4-15(5-10-8-19-9(2)14-10)12-7-18-6-11(12)13(16)17/h8,11-12H,3-7H2,1-2H3,(H,16,17). The topological polar surface area (TPSA) is 62.7 Å². The summed E-state index contributed by atoms with van der Waals surface area (Å²) in [6.45, 7) is 6.47. The lowest BCUT2D eigenvalue weighted by Gasteiger charge is -2.29. The number of carbonyl (C=O) groups is 1. The van der Waals surface area contributed by atoms with E-state index in [-0.39, 0.29) is 6.04 Å². The van der Waals surface area contributed by atoms with E-state index >= 15 is 0 Å². The van der Waals surface area contributed by atoms with Gasteiger partial charge in [-0.2, -0.15) is 0 Å². The molecule has 6 heteroatoms. The van der Waals surface area contributed by atoms with Crippen molar-refractivity contribution in [2.45, 2.75) is 32.9 Å². The number of thiazole rings is 1. The van der Waals surface area contributed by atoms with Crippen molar-refractivity contribution in [2.24, 2.45) is 5.92 Å². The number of aryl methyl sites for hydroxylation is 1. The molecule has 0 saturated carbocycles. The average molecular weight is 284 g/mol.